The molecular formula is C32H44N2O2. The van der Waals surface area contributed by atoms with Crippen LogP contribution in [-0.2, 0) is 17.4 Å². The Bertz CT molecular complexity index is 1140. The van der Waals surface area contributed by atoms with E-state index in [1.165, 1.54) is 80.2 Å². The van der Waals surface area contributed by atoms with Gasteiger partial charge in [-0.1, -0.05) is 40.0 Å². The Hall–Kier alpha value is -2.23. The van der Waals surface area contributed by atoms with Crippen LogP contribution in [0.4, 0.5) is 0 Å². The van der Waals surface area contributed by atoms with E-state index in [1.807, 2.05) is 0 Å². The Morgan fingerprint density at radius 1 is 1.03 bits per heavy atom. The molecule has 1 aliphatic heterocycles. The van der Waals surface area contributed by atoms with E-state index in [4.69, 9.17) is 4.74 Å². The van der Waals surface area contributed by atoms with Crippen LogP contribution in [0.3, 0.4) is 0 Å². The second-order valence-corrected chi connectivity index (χ2v) is 13.3. The topological polar surface area (TPSA) is 43.3 Å². The zero-order valence-corrected chi connectivity index (χ0v) is 22.8. The molecule has 1 N–H and O–H groups in total. The number of ether oxygens (including phenoxy) is 1. The minimum atomic E-state index is -0.00613. The van der Waals surface area contributed by atoms with Gasteiger partial charge >= 0.3 is 0 Å². The van der Waals surface area contributed by atoms with Crippen LogP contribution in [-0.4, -0.2) is 23.6 Å². The lowest BCUT2D eigenvalue weighted by Gasteiger charge is -2.33. The van der Waals surface area contributed by atoms with Crippen molar-refractivity contribution in [1.82, 2.24) is 9.88 Å². The van der Waals surface area contributed by atoms with Crippen LogP contribution in [0.2, 0.25) is 0 Å². The van der Waals surface area contributed by atoms with Crippen LogP contribution < -0.4 is 10.1 Å². The third kappa shape index (κ3) is 4.50. The predicted molar refractivity (Wildman–Crippen MR) is 146 cm³/mol. The molecule has 0 saturated heterocycles. The summed E-state index contributed by atoms with van der Waals surface area (Å²) in [6.45, 7) is 11.7. The third-order valence-electron chi connectivity index (χ3n) is 9.47. The van der Waals surface area contributed by atoms with Crippen molar-refractivity contribution in [2.45, 2.75) is 109 Å². The monoisotopic (exact) mass is 488 g/mol. The smallest absolute Gasteiger partial charge is 0.253 e. The number of carbonyl (C=O) groups is 1. The first-order valence-corrected chi connectivity index (χ1v) is 14.6. The van der Waals surface area contributed by atoms with Gasteiger partial charge in [0.2, 0.25) is 0 Å². The third-order valence-corrected chi connectivity index (χ3v) is 9.47. The van der Waals surface area contributed by atoms with Crippen molar-refractivity contribution in [2.24, 2.45) is 11.8 Å². The van der Waals surface area contributed by atoms with E-state index in [2.05, 4.69) is 55.8 Å². The Morgan fingerprint density at radius 3 is 2.44 bits per heavy atom. The summed E-state index contributed by atoms with van der Waals surface area (Å²) in [7, 11) is 0. The van der Waals surface area contributed by atoms with Crippen molar-refractivity contribution in [3.8, 4) is 17.0 Å². The van der Waals surface area contributed by atoms with Crippen LogP contribution in [0.15, 0.2) is 18.2 Å². The maximum atomic E-state index is 13.3. The van der Waals surface area contributed by atoms with Gasteiger partial charge in [0.15, 0.2) is 0 Å². The van der Waals surface area contributed by atoms with Gasteiger partial charge in [-0.2, -0.15) is 0 Å². The number of fused-ring (bicyclic) bond motifs is 2. The molecular weight excluding hydrogens is 444 g/mol. The molecule has 4 heteroatoms. The van der Waals surface area contributed by atoms with Crippen LogP contribution in [0.25, 0.3) is 11.3 Å². The van der Waals surface area contributed by atoms with E-state index >= 15 is 0 Å². The zero-order chi connectivity index (χ0) is 25.1. The van der Waals surface area contributed by atoms with Crippen molar-refractivity contribution < 1.29 is 9.53 Å². The fraction of sp³-hybridized carbons (Fsp3) is 0.656. The van der Waals surface area contributed by atoms with Crippen LogP contribution in [0, 0.1) is 18.8 Å². The quantitative estimate of drug-likeness (QED) is 0.464. The lowest BCUT2D eigenvalue weighted by molar-refractivity contribution is 0.0951. The van der Waals surface area contributed by atoms with Crippen molar-refractivity contribution in [3.63, 3.8) is 0 Å². The number of aromatic nitrogens is 1. The maximum Gasteiger partial charge on any atom is 0.253 e. The Balaban J connectivity index is 1.45. The van der Waals surface area contributed by atoms with Gasteiger partial charge in [-0.25, -0.2) is 0 Å². The summed E-state index contributed by atoms with van der Waals surface area (Å²) in [6, 6.07) is 6.99. The van der Waals surface area contributed by atoms with E-state index in [0.717, 1.165) is 43.1 Å². The molecule has 2 heterocycles. The summed E-state index contributed by atoms with van der Waals surface area (Å²) in [5.41, 5.74) is 7.48. The maximum absolute atomic E-state index is 13.3. The summed E-state index contributed by atoms with van der Waals surface area (Å²) < 4.78 is 8.84. The van der Waals surface area contributed by atoms with Crippen LogP contribution in [0.1, 0.15) is 112 Å². The first kappa shape index (κ1) is 24.1. The second kappa shape index (κ2) is 8.96. The number of nitrogens with zero attached hydrogens (tertiary/aromatic N) is 1. The Morgan fingerprint density at radius 2 is 1.78 bits per heavy atom. The van der Waals surface area contributed by atoms with Gasteiger partial charge in [0.25, 0.3) is 5.91 Å². The average Bonchev–Trinajstić information content (AvgIpc) is 3.79. The molecule has 1 spiro atoms. The molecule has 0 radical (unpaired) electrons. The minimum Gasteiger partial charge on any atom is -0.493 e. The highest BCUT2D eigenvalue weighted by molar-refractivity contribution is 5.97. The average molecular weight is 489 g/mol. The Labute approximate surface area is 217 Å². The molecule has 0 atom stereocenters. The van der Waals surface area contributed by atoms with E-state index in [0.29, 0.717) is 17.3 Å². The van der Waals surface area contributed by atoms with Gasteiger partial charge in [-0.05, 0) is 92.9 Å². The molecule has 6 rings (SSSR count). The van der Waals surface area contributed by atoms with E-state index in [9.17, 15) is 4.79 Å². The normalized spacial score (nSPS) is 21.2. The van der Waals surface area contributed by atoms with Gasteiger partial charge in [0, 0.05) is 41.0 Å². The molecule has 0 bridgehead atoms. The molecule has 0 unspecified atom stereocenters. The number of benzene rings is 1. The Kier molecular flexibility index (Phi) is 6.00. The van der Waals surface area contributed by atoms with Gasteiger partial charge in [-0.15, -0.1) is 0 Å². The second-order valence-electron chi connectivity index (χ2n) is 13.3. The number of nitrogens with one attached hydrogen (secondary N) is 1. The molecule has 1 aromatic heterocycles. The molecule has 3 aliphatic carbocycles. The minimum absolute atomic E-state index is 0.00613. The number of hydrogen-bond acceptors (Lipinski definition) is 2. The lowest BCUT2D eigenvalue weighted by Crippen LogP contribution is -2.26. The van der Waals surface area contributed by atoms with Crippen molar-refractivity contribution in [2.75, 3.05) is 13.2 Å². The fourth-order valence-corrected chi connectivity index (χ4v) is 6.67. The SMILES string of the molecule is Cc1c(C(=O)NCC2CC2)cc(-c2cc(C(C)(C)C)c3c(c2)C2(CCO3)CC2)n1CC1CCCCC1. The first-order chi connectivity index (χ1) is 17.2. The van der Waals surface area contributed by atoms with Gasteiger partial charge in [0.05, 0.1) is 12.2 Å². The number of hydrogen-bond donors (Lipinski definition) is 1. The van der Waals surface area contributed by atoms with Crippen molar-refractivity contribution in [1.29, 1.82) is 0 Å². The molecule has 1 amide bonds. The standard InChI is InChI=1S/C32H44N2O2/c1-21-25(30(35)33-19-22-10-11-22)18-28(34(21)20-23-8-6-5-7-9-23)24-16-26(31(2,3)4)29-27(17-24)32(12-13-32)14-15-36-29/h16-18,22-23H,5-15,19-20H2,1-4H3,(H,33,35). The zero-order valence-electron chi connectivity index (χ0n) is 22.8. The van der Waals surface area contributed by atoms with Gasteiger partial charge in [0.1, 0.15) is 5.75 Å². The lowest BCUT2D eigenvalue weighted by atomic mass is 9.79. The van der Waals surface area contributed by atoms with Crippen LogP contribution in [0.5, 0.6) is 5.75 Å². The molecule has 4 nitrogen and oxygen atoms in total. The largest absolute Gasteiger partial charge is 0.493 e. The summed E-state index contributed by atoms with van der Waals surface area (Å²) >= 11 is 0. The number of rotatable bonds is 6. The molecule has 3 saturated carbocycles. The molecule has 194 valence electrons. The highest BCUT2D eigenvalue weighted by atomic mass is 16.5. The molecule has 4 aliphatic rings. The van der Waals surface area contributed by atoms with Gasteiger partial charge < -0.3 is 14.6 Å². The highest BCUT2D eigenvalue weighted by Crippen LogP contribution is 2.58. The number of amides is 1. The van der Waals surface area contributed by atoms with E-state index < -0.39 is 0 Å². The van der Waals surface area contributed by atoms with Crippen LogP contribution >= 0.6 is 0 Å². The molecule has 1 aromatic carbocycles. The van der Waals surface area contributed by atoms with E-state index in [-0.39, 0.29) is 11.3 Å². The first-order valence-electron chi connectivity index (χ1n) is 14.6. The summed E-state index contributed by atoms with van der Waals surface area (Å²) in [5, 5.41) is 3.23. The summed E-state index contributed by atoms with van der Waals surface area (Å²) in [6.07, 6.45) is 12.8. The highest BCUT2D eigenvalue weighted by Gasteiger charge is 2.49. The predicted octanol–water partition coefficient (Wildman–Crippen LogP) is 7.30. The molecule has 3 fully saturated rings. The fourth-order valence-electron chi connectivity index (χ4n) is 6.67. The molecule has 36 heavy (non-hydrogen) atoms. The van der Waals surface area contributed by atoms with Crippen molar-refractivity contribution >= 4 is 5.91 Å². The number of carbonyl (C=O) groups excluding carboxylic acids is 1. The van der Waals surface area contributed by atoms with E-state index in [1.54, 1.807) is 0 Å². The van der Waals surface area contributed by atoms with Crippen molar-refractivity contribution in [3.05, 3.63) is 40.6 Å². The summed E-state index contributed by atoms with van der Waals surface area (Å²) in [5.74, 6) is 2.62. The summed E-state index contributed by atoms with van der Waals surface area (Å²) in [4.78, 5) is 13.3. The molecule has 2 aromatic rings. The van der Waals surface area contributed by atoms with Gasteiger partial charge in [-0.3, -0.25) is 4.79 Å².